The SMILES string of the molecule is CCOC(=O)Cc1ccccc1OCc1cc(-c2cccc(CN)c2F)c2cn(CC3CC3)nc2c1.NCc1cccc(-c2cc(COc3ccccc3CC(=O)O)cc3nn(CC4CC4)cc23)c1F.[Li+].[OH-]. The summed E-state index contributed by atoms with van der Waals surface area (Å²) in [4.78, 5) is 23.2. The molecule has 6 aromatic carbocycles. The summed E-state index contributed by atoms with van der Waals surface area (Å²) in [7, 11) is 0. The monoisotopic (exact) mass is 970 g/mol. The molecule has 368 valence electrons. The van der Waals surface area contributed by atoms with Gasteiger partial charge < -0.3 is 36.3 Å². The molecule has 2 aromatic heterocycles. The van der Waals surface area contributed by atoms with Crippen LogP contribution in [0.15, 0.2) is 122 Å². The number of nitrogens with zero attached hydrogens (tertiary/aromatic N) is 4. The molecule has 8 aromatic rings. The molecule has 2 saturated carbocycles. The number of esters is 1. The number of hydrogen-bond acceptors (Lipinski definition) is 10. The van der Waals surface area contributed by atoms with Gasteiger partial charge in [-0.3, -0.25) is 19.0 Å². The van der Waals surface area contributed by atoms with Crippen molar-refractivity contribution in [2.75, 3.05) is 6.61 Å². The number of rotatable bonds is 19. The smallest absolute Gasteiger partial charge is 0.870 e. The first kappa shape index (κ1) is 52.9. The normalized spacial score (nSPS) is 12.9. The fourth-order valence-corrected chi connectivity index (χ4v) is 8.72. The van der Waals surface area contributed by atoms with E-state index in [0.717, 1.165) is 62.7 Å². The molecule has 0 spiro atoms. The van der Waals surface area contributed by atoms with Gasteiger partial charge in [0.2, 0.25) is 0 Å². The minimum absolute atomic E-state index is 0. The van der Waals surface area contributed by atoms with E-state index in [4.69, 9.17) is 35.9 Å². The maximum Gasteiger partial charge on any atom is 1.00 e. The van der Waals surface area contributed by atoms with Gasteiger partial charge in [-0.15, -0.1) is 0 Å². The molecule has 2 aliphatic rings. The van der Waals surface area contributed by atoms with E-state index in [1.165, 1.54) is 25.7 Å². The summed E-state index contributed by atoms with van der Waals surface area (Å²) in [5.41, 5.74) is 19.5. The predicted molar refractivity (Wildman–Crippen MR) is 267 cm³/mol. The molecule has 2 heterocycles. The second-order valence-electron chi connectivity index (χ2n) is 18.1. The van der Waals surface area contributed by atoms with E-state index in [0.29, 0.717) is 57.8 Å². The number of carbonyl (C=O) groups excluding carboxylic acids is 1. The number of hydrogen-bond donors (Lipinski definition) is 3. The van der Waals surface area contributed by atoms with Crippen molar-refractivity contribution >= 4 is 33.7 Å². The van der Waals surface area contributed by atoms with Gasteiger partial charge in [0.05, 0.1) is 30.5 Å². The Morgan fingerprint density at radius 1 is 0.625 bits per heavy atom. The van der Waals surface area contributed by atoms with Crippen LogP contribution in [0, 0.1) is 23.5 Å². The van der Waals surface area contributed by atoms with Crippen molar-refractivity contribution in [3.8, 4) is 33.8 Å². The molecule has 13 nitrogen and oxygen atoms in total. The number of nitrogens with two attached hydrogens (primary N) is 2. The second-order valence-corrected chi connectivity index (χ2v) is 18.1. The maximum atomic E-state index is 15.4. The predicted octanol–water partition coefficient (Wildman–Crippen LogP) is 7.14. The number of halogens is 2. The van der Waals surface area contributed by atoms with E-state index in [1.807, 2.05) is 88.5 Å². The number of ether oxygens (including phenoxy) is 3. The zero-order chi connectivity index (χ0) is 48.7. The fraction of sp³-hybridized carbons (Fsp3) is 0.286. The molecule has 0 atom stereocenters. The van der Waals surface area contributed by atoms with Crippen LogP contribution in [0.4, 0.5) is 8.78 Å². The summed E-state index contributed by atoms with van der Waals surface area (Å²) in [5.74, 6) is 0.595. The average Bonchev–Trinajstić information content (AvgIpc) is 4.27. The zero-order valence-corrected chi connectivity index (χ0v) is 40.5. The Labute approximate surface area is 428 Å². The van der Waals surface area contributed by atoms with Gasteiger partial charge in [-0.05, 0) is 103 Å². The Balaban J connectivity index is 0.000000206. The van der Waals surface area contributed by atoms with Gasteiger partial charge in [-0.1, -0.05) is 72.8 Å². The standard InChI is InChI=1S/C29H30FN3O3.C27H26FN3O3.Li.H2O/c1-2-35-28(34)14-21-6-3-4-9-27(21)36-18-20-12-24(23-8-5-7-22(15-31)29(23)30)25-17-33(16-19-10-11-19)32-26(25)13-20;28-27-20(13-29)5-3-6-21(27)22-10-18(11-24-23(22)15-31(30-24)14-17-8-9-17)16-34-25-7-2-1-4-19(25)12-26(32)33;;/h3-9,12-13,17,19H,2,10-11,14-16,18,31H2,1H3;1-7,10-11,15,17H,8-9,12-14,16,29H2,(H,32,33);;1H2/q;;+1;/p-1. The number of aliphatic carboxylic acids is 1. The molecular formula is C56H57F2LiN6O7. The summed E-state index contributed by atoms with van der Waals surface area (Å²) in [6.45, 7) is 4.53. The van der Waals surface area contributed by atoms with E-state index >= 15 is 8.78 Å². The molecular weight excluding hydrogens is 914 g/mol. The molecule has 10 rings (SSSR count). The molecule has 2 aliphatic carbocycles. The van der Waals surface area contributed by atoms with E-state index in [-0.39, 0.29) is 81.1 Å². The van der Waals surface area contributed by atoms with Crippen LogP contribution in [-0.2, 0) is 66.6 Å². The summed E-state index contributed by atoms with van der Waals surface area (Å²) >= 11 is 0. The Morgan fingerprint density at radius 2 is 1.06 bits per heavy atom. The van der Waals surface area contributed by atoms with Crippen LogP contribution >= 0.6 is 0 Å². The molecule has 0 amide bonds. The summed E-state index contributed by atoms with van der Waals surface area (Å²) in [5, 5.41) is 20.5. The van der Waals surface area contributed by atoms with Crippen LogP contribution in [-0.4, -0.2) is 48.7 Å². The molecule has 0 aliphatic heterocycles. The van der Waals surface area contributed by atoms with Crippen molar-refractivity contribution in [1.29, 1.82) is 0 Å². The minimum atomic E-state index is -0.920. The molecule has 0 unspecified atom stereocenters. The molecule has 6 N–H and O–H groups in total. The first-order chi connectivity index (χ1) is 34.1. The molecule has 0 radical (unpaired) electrons. The van der Waals surface area contributed by atoms with Crippen molar-refractivity contribution in [2.45, 2.75) is 84.8 Å². The van der Waals surface area contributed by atoms with Gasteiger partial charge in [0.15, 0.2) is 0 Å². The molecule has 16 heteroatoms. The van der Waals surface area contributed by atoms with Crippen LogP contribution in [0.25, 0.3) is 44.1 Å². The fourth-order valence-electron chi connectivity index (χ4n) is 8.72. The average molecular weight is 971 g/mol. The summed E-state index contributed by atoms with van der Waals surface area (Å²) in [6.07, 6.45) is 8.89. The number of carboxylic acids is 1. The Kier molecular flexibility index (Phi) is 17.7. The van der Waals surface area contributed by atoms with Crippen LogP contribution in [0.2, 0.25) is 0 Å². The van der Waals surface area contributed by atoms with Crippen LogP contribution in [0.3, 0.4) is 0 Å². The van der Waals surface area contributed by atoms with Crippen molar-refractivity contribution in [2.24, 2.45) is 23.3 Å². The van der Waals surface area contributed by atoms with E-state index in [1.54, 1.807) is 49.4 Å². The first-order valence-electron chi connectivity index (χ1n) is 23.8. The van der Waals surface area contributed by atoms with Crippen LogP contribution in [0.1, 0.15) is 66.0 Å². The third-order valence-electron chi connectivity index (χ3n) is 12.6. The van der Waals surface area contributed by atoms with Gasteiger partial charge in [0, 0.05) is 82.7 Å². The molecule has 0 saturated heterocycles. The Hall–Kier alpha value is -6.86. The van der Waals surface area contributed by atoms with Crippen molar-refractivity contribution in [1.82, 2.24) is 19.6 Å². The van der Waals surface area contributed by atoms with Crippen LogP contribution < -0.4 is 39.8 Å². The number of fused-ring (bicyclic) bond motifs is 2. The molecule has 72 heavy (non-hydrogen) atoms. The summed E-state index contributed by atoms with van der Waals surface area (Å²) < 4.78 is 51.8. The summed E-state index contributed by atoms with van der Waals surface area (Å²) in [6, 6.07) is 32.9. The van der Waals surface area contributed by atoms with Gasteiger partial charge >= 0.3 is 30.8 Å². The number of carboxylic acid groups (broad SMARTS) is 1. The third kappa shape index (κ3) is 12.8. The van der Waals surface area contributed by atoms with Gasteiger partial charge in [0.25, 0.3) is 0 Å². The largest absolute Gasteiger partial charge is 1.00 e. The number of para-hydroxylation sites is 2. The van der Waals surface area contributed by atoms with Gasteiger partial charge in [0.1, 0.15) is 36.3 Å². The van der Waals surface area contributed by atoms with Gasteiger partial charge in [-0.2, -0.15) is 10.2 Å². The van der Waals surface area contributed by atoms with Crippen LogP contribution in [0.5, 0.6) is 11.5 Å². The van der Waals surface area contributed by atoms with Crippen molar-refractivity contribution in [3.63, 3.8) is 0 Å². The zero-order valence-electron chi connectivity index (χ0n) is 40.5. The van der Waals surface area contributed by atoms with E-state index in [9.17, 15) is 14.7 Å². The maximum absolute atomic E-state index is 15.4. The molecule has 2 fully saturated rings. The number of aromatic nitrogens is 4. The van der Waals surface area contributed by atoms with E-state index < -0.39 is 5.97 Å². The number of benzene rings is 6. The third-order valence-corrected chi connectivity index (χ3v) is 12.6. The topological polar surface area (TPSA) is 200 Å². The Bertz CT molecular complexity index is 3190. The Morgan fingerprint density at radius 3 is 1.47 bits per heavy atom. The second kappa shape index (κ2) is 24.0. The quantitative estimate of drug-likeness (QED) is 0.0550. The minimum Gasteiger partial charge on any atom is -0.870 e. The van der Waals surface area contributed by atoms with Crippen molar-refractivity contribution < 1.29 is 62.0 Å². The molecule has 0 bridgehead atoms. The van der Waals surface area contributed by atoms with Crippen molar-refractivity contribution in [3.05, 3.63) is 167 Å². The first-order valence-corrected chi connectivity index (χ1v) is 23.8. The number of carbonyl (C=O) groups is 2. The van der Waals surface area contributed by atoms with E-state index in [2.05, 4.69) is 0 Å². The van der Waals surface area contributed by atoms with Gasteiger partial charge in [-0.25, -0.2) is 8.78 Å².